The van der Waals surface area contributed by atoms with Crippen LogP contribution >= 0.6 is 0 Å². The SMILES string of the molecule is C[C@H](OC(=O)COc1cccc2c1OC(C)(C)C2)C(=O)Nc1ccc(F)c(F)c1F. The largest absolute Gasteiger partial charge is 0.483 e. The van der Waals surface area contributed by atoms with E-state index in [1.54, 1.807) is 12.1 Å². The van der Waals surface area contributed by atoms with Crippen molar-refractivity contribution < 1.29 is 37.0 Å². The van der Waals surface area contributed by atoms with Crippen LogP contribution in [0.15, 0.2) is 30.3 Å². The van der Waals surface area contributed by atoms with Crippen LogP contribution in [-0.2, 0) is 20.7 Å². The van der Waals surface area contributed by atoms with Gasteiger partial charge < -0.3 is 19.5 Å². The number of nitrogens with one attached hydrogen (secondary N) is 1. The average molecular weight is 423 g/mol. The molecule has 9 heteroatoms. The number of carbonyl (C=O) groups is 2. The molecule has 1 amide bonds. The number of rotatable bonds is 6. The van der Waals surface area contributed by atoms with Crippen LogP contribution in [0.3, 0.4) is 0 Å². The predicted molar refractivity (Wildman–Crippen MR) is 101 cm³/mol. The van der Waals surface area contributed by atoms with E-state index in [0.29, 0.717) is 24.0 Å². The maximum atomic E-state index is 13.7. The zero-order chi connectivity index (χ0) is 22.1. The molecule has 1 heterocycles. The topological polar surface area (TPSA) is 73.9 Å². The Labute approximate surface area is 170 Å². The van der Waals surface area contributed by atoms with Crippen molar-refractivity contribution in [3.63, 3.8) is 0 Å². The van der Waals surface area contributed by atoms with Crippen molar-refractivity contribution in [3.8, 4) is 11.5 Å². The Morgan fingerprint density at radius 3 is 2.63 bits per heavy atom. The van der Waals surface area contributed by atoms with Crippen LogP contribution in [0.5, 0.6) is 11.5 Å². The van der Waals surface area contributed by atoms with Gasteiger partial charge in [0.05, 0.1) is 5.69 Å². The lowest BCUT2D eigenvalue weighted by Crippen LogP contribution is -2.32. The van der Waals surface area contributed by atoms with Crippen molar-refractivity contribution in [2.24, 2.45) is 0 Å². The van der Waals surface area contributed by atoms with Gasteiger partial charge in [-0.2, -0.15) is 0 Å². The maximum absolute atomic E-state index is 13.7. The normalized spacial score (nSPS) is 15.0. The second-order valence-electron chi connectivity index (χ2n) is 7.42. The van der Waals surface area contributed by atoms with Crippen molar-refractivity contribution in [2.45, 2.75) is 38.9 Å². The summed E-state index contributed by atoms with van der Waals surface area (Å²) in [5, 5.41) is 2.04. The highest BCUT2D eigenvalue weighted by Crippen LogP contribution is 2.41. The quantitative estimate of drug-likeness (QED) is 0.566. The molecule has 0 fully saturated rings. The van der Waals surface area contributed by atoms with E-state index < -0.39 is 47.7 Å². The average Bonchev–Trinajstić information content (AvgIpc) is 3.01. The molecule has 2 aromatic carbocycles. The third-order valence-electron chi connectivity index (χ3n) is 4.37. The highest BCUT2D eigenvalue weighted by molar-refractivity contribution is 5.95. The first-order valence-electron chi connectivity index (χ1n) is 9.15. The first-order valence-corrected chi connectivity index (χ1v) is 9.15. The van der Waals surface area contributed by atoms with Crippen LogP contribution in [0.2, 0.25) is 0 Å². The van der Waals surface area contributed by atoms with Gasteiger partial charge in [0, 0.05) is 12.0 Å². The summed E-state index contributed by atoms with van der Waals surface area (Å²) in [7, 11) is 0. The van der Waals surface area contributed by atoms with E-state index in [4.69, 9.17) is 14.2 Å². The molecule has 30 heavy (non-hydrogen) atoms. The highest BCUT2D eigenvalue weighted by atomic mass is 19.2. The fourth-order valence-corrected chi connectivity index (χ4v) is 2.98. The van der Waals surface area contributed by atoms with Gasteiger partial charge in [-0.15, -0.1) is 0 Å². The van der Waals surface area contributed by atoms with Crippen LogP contribution in [0, 0.1) is 17.5 Å². The molecule has 0 saturated carbocycles. The van der Waals surface area contributed by atoms with Crippen molar-refractivity contribution in [3.05, 3.63) is 53.3 Å². The Hall–Kier alpha value is -3.23. The summed E-state index contributed by atoms with van der Waals surface area (Å²) >= 11 is 0. The minimum absolute atomic E-state index is 0.371. The number of fused-ring (bicyclic) bond motifs is 1. The molecule has 3 rings (SSSR count). The van der Waals surface area contributed by atoms with Crippen LogP contribution < -0.4 is 14.8 Å². The molecule has 1 N–H and O–H groups in total. The molecule has 1 aliphatic heterocycles. The monoisotopic (exact) mass is 423 g/mol. The molecule has 2 aromatic rings. The summed E-state index contributed by atoms with van der Waals surface area (Å²) < 4.78 is 56.1. The van der Waals surface area contributed by atoms with Gasteiger partial charge >= 0.3 is 5.97 Å². The zero-order valence-electron chi connectivity index (χ0n) is 16.6. The van der Waals surface area contributed by atoms with E-state index in [1.165, 1.54) is 6.92 Å². The number of hydrogen-bond acceptors (Lipinski definition) is 5. The maximum Gasteiger partial charge on any atom is 0.344 e. The Bertz CT molecular complexity index is 993. The van der Waals surface area contributed by atoms with Crippen molar-refractivity contribution in [2.75, 3.05) is 11.9 Å². The van der Waals surface area contributed by atoms with Gasteiger partial charge in [-0.3, -0.25) is 4.79 Å². The molecular formula is C21H20F3NO5. The fraction of sp³-hybridized carbons (Fsp3) is 0.333. The second-order valence-corrected chi connectivity index (χ2v) is 7.42. The molecule has 0 aliphatic carbocycles. The summed E-state index contributed by atoms with van der Waals surface area (Å²) in [6.45, 7) is 4.62. The summed E-state index contributed by atoms with van der Waals surface area (Å²) in [4.78, 5) is 24.1. The van der Waals surface area contributed by atoms with Gasteiger partial charge in [0.2, 0.25) is 0 Å². The lowest BCUT2D eigenvalue weighted by atomic mass is 10.0. The third-order valence-corrected chi connectivity index (χ3v) is 4.37. The van der Waals surface area contributed by atoms with Crippen molar-refractivity contribution >= 4 is 17.6 Å². The first-order chi connectivity index (χ1) is 14.1. The van der Waals surface area contributed by atoms with E-state index in [9.17, 15) is 22.8 Å². The van der Waals surface area contributed by atoms with Crippen molar-refractivity contribution in [1.29, 1.82) is 0 Å². The van der Waals surface area contributed by atoms with E-state index >= 15 is 0 Å². The molecule has 0 aromatic heterocycles. The van der Waals surface area contributed by atoms with Gasteiger partial charge in [-0.1, -0.05) is 12.1 Å². The minimum atomic E-state index is -1.72. The Kier molecular flexibility index (Phi) is 5.91. The smallest absolute Gasteiger partial charge is 0.344 e. The van der Waals surface area contributed by atoms with Crippen LogP contribution in [-0.4, -0.2) is 30.2 Å². The molecular weight excluding hydrogens is 403 g/mol. The number of esters is 1. The summed E-state index contributed by atoms with van der Waals surface area (Å²) in [5.74, 6) is -5.50. The number of benzene rings is 2. The number of hydrogen-bond donors (Lipinski definition) is 1. The molecule has 0 bridgehead atoms. The summed E-state index contributed by atoms with van der Waals surface area (Å²) in [5.41, 5.74) is -0.00544. The Morgan fingerprint density at radius 1 is 1.17 bits per heavy atom. The van der Waals surface area contributed by atoms with E-state index in [0.717, 1.165) is 11.6 Å². The van der Waals surface area contributed by atoms with Gasteiger partial charge in [-0.25, -0.2) is 18.0 Å². The lowest BCUT2D eigenvalue weighted by molar-refractivity contribution is -0.155. The molecule has 0 spiro atoms. The summed E-state index contributed by atoms with van der Waals surface area (Å²) in [6.07, 6.45) is -0.632. The predicted octanol–water partition coefficient (Wildman–Crippen LogP) is 3.77. The Balaban J connectivity index is 1.55. The van der Waals surface area contributed by atoms with E-state index in [2.05, 4.69) is 0 Å². The second kappa shape index (κ2) is 8.25. The van der Waals surface area contributed by atoms with E-state index in [-0.39, 0.29) is 5.60 Å². The number of anilines is 1. The van der Waals surface area contributed by atoms with E-state index in [1.807, 2.05) is 25.2 Å². The number of halogens is 3. The summed E-state index contributed by atoms with van der Waals surface area (Å²) in [6, 6.07) is 6.85. The zero-order valence-corrected chi connectivity index (χ0v) is 16.6. The van der Waals surface area contributed by atoms with Crippen LogP contribution in [0.25, 0.3) is 0 Å². The number of carbonyl (C=O) groups excluding carboxylic acids is 2. The first kappa shape index (κ1) is 21.5. The molecule has 6 nitrogen and oxygen atoms in total. The molecule has 160 valence electrons. The van der Waals surface area contributed by atoms with Gasteiger partial charge in [0.1, 0.15) is 5.60 Å². The molecule has 1 aliphatic rings. The standard InChI is InChI=1S/C21H20F3NO5/c1-11(20(27)25-14-8-7-13(22)17(23)18(14)24)29-16(26)10-28-15-6-4-5-12-9-21(2,3)30-19(12)15/h4-8,11H,9-10H2,1-3H3,(H,25,27)/t11-/m0/s1. The van der Waals surface area contributed by atoms with Gasteiger partial charge in [0.15, 0.2) is 41.7 Å². The molecule has 0 radical (unpaired) electrons. The number of ether oxygens (including phenoxy) is 3. The Morgan fingerprint density at radius 2 is 1.90 bits per heavy atom. The number of amides is 1. The van der Waals surface area contributed by atoms with Crippen molar-refractivity contribution in [1.82, 2.24) is 0 Å². The highest BCUT2D eigenvalue weighted by Gasteiger charge is 2.32. The van der Waals surface area contributed by atoms with Gasteiger partial charge in [-0.05, 0) is 39.0 Å². The van der Waals surface area contributed by atoms with Crippen LogP contribution in [0.4, 0.5) is 18.9 Å². The third kappa shape index (κ3) is 4.67. The fourth-order valence-electron chi connectivity index (χ4n) is 2.98. The molecule has 0 saturated heterocycles. The van der Waals surface area contributed by atoms with Gasteiger partial charge in [0.25, 0.3) is 5.91 Å². The molecule has 0 unspecified atom stereocenters. The molecule has 1 atom stereocenters. The minimum Gasteiger partial charge on any atom is -0.483 e. The van der Waals surface area contributed by atoms with Crippen LogP contribution in [0.1, 0.15) is 26.3 Å². The number of para-hydroxylation sites is 1. The lowest BCUT2D eigenvalue weighted by Gasteiger charge is -2.18.